The summed E-state index contributed by atoms with van der Waals surface area (Å²) in [4.78, 5) is 0. The zero-order valence-electron chi connectivity index (χ0n) is 7.68. The highest BCUT2D eigenvalue weighted by molar-refractivity contribution is 5.14. The number of nitrogens with zero attached hydrogens (tertiary/aromatic N) is 2. The van der Waals surface area contributed by atoms with Gasteiger partial charge in [0.2, 0.25) is 0 Å². The molecule has 74 valence electrons. The second-order valence-electron chi connectivity index (χ2n) is 2.08. The molecule has 0 radical (unpaired) electrons. The van der Waals surface area contributed by atoms with Gasteiger partial charge in [-0.1, -0.05) is 13.8 Å². The molecule has 13 heavy (non-hydrogen) atoms. The lowest BCUT2D eigenvalue weighted by Gasteiger charge is -2.04. The van der Waals surface area contributed by atoms with Gasteiger partial charge in [-0.3, -0.25) is 0 Å². The van der Waals surface area contributed by atoms with Crippen molar-refractivity contribution < 1.29 is 13.2 Å². The van der Waals surface area contributed by atoms with Crippen LogP contribution in [0.2, 0.25) is 0 Å². The molecule has 0 aliphatic rings. The maximum Gasteiger partial charge on any atom is 0.418 e. The molecule has 0 aliphatic carbocycles. The molecule has 0 unspecified atom stereocenters. The summed E-state index contributed by atoms with van der Waals surface area (Å²) in [6, 6.07) is 0.951. The minimum absolute atomic E-state index is 0.264. The number of hydrogen-bond acceptors (Lipinski definition) is 2. The molecule has 2 nitrogen and oxygen atoms in total. The van der Waals surface area contributed by atoms with E-state index in [1.807, 2.05) is 13.8 Å². The van der Waals surface area contributed by atoms with Crippen LogP contribution in [0.5, 0.6) is 0 Å². The molecule has 0 amide bonds. The molecule has 0 fully saturated rings. The summed E-state index contributed by atoms with van der Waals surface area (Å²) in [6.45, 7) is 5.46. The van der Waals surface area contributed by atoms with Crippen molar-refractivity contribution in [2.75, 3.05) is 0 Å². The van der Waals surface area contributed by atoms with Crippen molar-refractivity contribution in [1.29, 1.82) is 0 Å². The third kappa shape index (κ3) is 3.87. The summed E-state index contributed by atoms with van der Waals surface area (Å²) < 4.78 is 35.7. The average molecular weight is 192 g/mol. The zero-order chi connectivity index (χ0) is 10.5. The number of aryl methyl sites for hydroxylation is 1. The molecule has 0 N–H and O–H groups in total. The summed E-state index contributed by atoms with van der Waals surface area (Å²) in [5, 5.41) is 6.58. The maximum atomic E-state index is 11.9. The Kier molecular flexibility index (Phi) is 4.37. The fourth-order valence-electron chi connectivity index (χ4n) is 0.628. The Morgan fingerprint density at radius 3 is 2.08 bits per heavy atom. The third-order valence-electron chi connectivity index (χ3n) is 1.10. The molecular formula is C8H11F3N2. The van der Waals surface area contributed by atoms with Crippen LogP contribution in [0.4, 0.5) is 13.2 Å². The lowest BCUT2D eigenvalue weighted by Crippen LogP contribution is -2.06. The van der Waals surface area contributed by atoms with Gasteiger partial charge in [0.15, 0.2) is 0 Å². The van der Waals surface area contributed by atoms with Gasteiger partial charge < -0.3 is 0 Å². The van der Waals surface area contributed by atoms with E-state index in [-0.39, 0.29) is 5.69 Å². The van der Waals surface area contributed by atoms with Gasteiger partial charge in [0.05, 0.1) is 17.5 Å². The van der Waals surface area contributed by atoms with Crippen molar-refractivity contribution in [2.24, 2.45) is 0 Å². The minimum atomic E-state index is -4.32. The highest BCUT2D eigenvalue weighted by atomic mass is 19.4. The molecule has 1 aromatic rings. The van der Waals surface area contributed by atoms with Crippen molar-refractivity contribution >= 4 is 0 Å². The van der Waals surface area contributed by atoms with E-state index in [1.165, 1.54) is 6.92 Å². The molecule has 0 aliphatic heterocycles. The Morgan fingerprint density at radius 1 is 1.23 bits per heavy atom. The topological polar surface area (TPSA) is 25.8 Å². The highest BCUT2D eigenvalue weighted by Crippen LogP contribution is 2.28. The lowest BCUT2D eigenvalue weighted by atomic mass is 10.3. The van der Waals surface area contributed by atoms with Crippen LogP contribution in [0.1, 0.15) is 25.1 Å². The molecule has 0 spiro atoms. The standard InChI is InChI=1S/C6H5F3N2.C2H6/c1-4-2-5(3-10-11-4)6(7,8)9;1-2/h2-3H,1H3;1-2H3. The molecule has 0 bridgehead atoms. The molecule has 1 rings (SSSR count). The molecule has 1 aromatic heterocycles. The molecule has 0 aromatic carbocycles. The Hall–Kier alpha value is -1.13. The second-order valence-corrected chi connectivity index (χ2v) is 2.08. The monoisotopic (exact) mass is 192 g/mol. The van der Waals surface area contributed by atoms with E-state index in [0.717, 1.165) is 6.07 Å². The molecule has 0 atom stereocenters. The molecule has 0 saturated carbocycles. The predicted octanol–water partition coefficient (Wildman–Crippen LogP) is 2.83. The molecule has 0 saturated heterocycles. The number of alkyl halides is 3. The Bertz CT molecular complexity index is 258. The van der Waals surface area contributed by atoms with Gasteiger partial charge in [0.25, 0.3) is 0 Å². The van der Waals surface area contributed by atoms with E-state index in [0.29, 0.717) is 6.20 Å². The molecular weight excluding hydrogens is 181 g/mol. The first-order chi connectivity index (χ1) is 6.00. The van der Waals surface area contributed by atoms with Crippen molar-refractivity contribution in [3.05, 3.63) is 23.5 Å². The van der Waals surface area contributed by atoms with Crippen LogP contribution < -0.4 is 0 Å². The summed E-state index contributed by atoms with van der Waals surface area (Å²) >= 11 is 0. The predicted molar refractivity (Wildman–Crippen MR) is 43.1 cm³/mol. The van der Waals surface area contributed by atoms with Crippen LogP contribution in [-0.2, 0) is 6.18 Å². The Morgan fingerprint density at radius 2 is 1.77 bits per heavy atom. The number of halogens is 3. The van der Waals surface area contributed by atoms with Gasteiger partial charge in [0, 0.05) is 0 Å². The summed E-state index contributed by atoms with van der Waals surface area (Å²) in [5.74, 6) is 0. The van der Waals surface area contributed by atoms with Gasteiger partial charge in [-0.05, 0) is 13.0 Å². The van der Waals surface area contributed by atoms with Gasteiger partial charge in [-0.25, -0.2) is 0 Å². The van der Waals surface area contributed by atoms with Gasteiger partial charge in [-0.15, -0.1) is 0 Å². The molecule has 5 heteroatoms. The zero-order valence-corrected chi connectivity index (χ0v) is 7.68. The average Bonchev–Trinajstić information content (AvgIpc) is 2.06. The van der Waals surface area contributed by atoms with Crippen LogP contribution in [0.3, 0.4) is 0 Å². The van der Waals surface area contributed by atoms with Crippen LogP contribution in [0.25, 0.3) is 0 Å². The fourth-order valence-corrected chi connectivity index (χ4v) is 0.628. The largest absolute Gasteiger partial charge is 0.418 e. The van der Waals surface area contributed by atoms with Crippen LogP contribution in [0, 0.1) is 6.92 Å². The molecule has 1 heterocycles. The van der Waals surface area contributed by atoms with E-state index in [9.17, 15) is 13.2 Å². The van der Waals surface area contributed by atoms with Crippen molar-refractivity contribution in [3.63, 3.8) is 0 Å². The van der Waals surface area contributed by atoms with E-state index in [2.05, 4.69) is 10.2 Å². The quantitative estimate of drug-likeness (QED) is 0.631. The summed E-state index contributed by atoms with van der Waals surface area (Å²) in [5.41, 5.74) is -0.496. The van der Waals surface area contributed by atoms with Crippen LogP contribution in [-0.4, -0.2) is 10.2 Å². The highest BCUT2D eigenvalue weighted by Gasteiger charge is 2.30. The minimum Gasteiger partial charge on any atom is -0.166 e. The smallest absolute Gasteiger partial charge is 0.166 e. The van der Waals surface area contributed by atoms with Crippen LogP contribution in [0.15, 0.2) is 12.3 Å². The van der Waals surface area contributed by atoms with Crippen molar-refractivity contribution in [1.82, 2.24) is 10.2 Å². The van der Waals surface area contributed by atoms with E-state index in [1.54, 1.807) is 0 Å². The van der Waals surface area contributed by atoms with Gasteiger partial charge in [-0.2, -0.15) is 23.4 Å². The Labute approximate surface area is 74.8 Å². The maximum absolute atomic E-state index is 11.9. The first-order valence-corrected chi connectivity index (χ1v) is 3.86. The number of hydrogen-bond donors (Lipinski definition) is 0. The van der Waals surface area contributed by atoms with E-state index in [4.69, 9.17) is 0 Å². The first kappa shape index (κ1) is 11.9. The van der Waals surface area contributed by atoms with Gasteiger partial charge >= 0.3 is 6.18 Å². The second kappa shape index (κ2) is 4.79. The fraction of sp³-hybridized carbons (Fsp3) is 0.500. The van der Waals surface area contributed by atoms with E-state index >= 15 is 0 Å². The van der Waals surface area contributed by atoms with Crippen LogP contribution >= 0.6 is 0 Å². The first-order valence-electron chi connectivity index (χ1n) is 3.86. The summed E-state index contributed by atoms with van der Waals surface area (Å²) in [7, 11) is 0. The van der Waals surface area contributed by atoms with Crippen molar-refractivity contribution in [3.8, 4) is 0 Å². The summed E-state index contributed by atoms with van der Waals surface area (Å²) in [6.07, 6.45) is -3.62. The van der Waals surface area contributed by atoms with Crippen molar-refractivity contribution in [2.45, 2.75) is 26.9 Å². The normalized spacial score (nSPS) is 10.3. The lowest BCUT2D eigenvalue weighted by molar-refractivity contribution is -0.138. The number of aromatic nitrogens is 2. The number of rotatable bonds is 0. The third-order valence-corrected chi connectivity index (χ3v) is 1.10. The van der Waals surface area contributed by atoms with E-state index < -0.39 is 11.7 Å². The SMILES string of the molecule is CC.Cc1cc(C(F)(F)F)cnn1. The Balaban J connectivity index is 0.000000671. The van der Waals surface area contributed by atoms with Gasteiger partial charge in [0.1, 0.15) is 0 Å².